The normalized spacial score (nSPS) is 11.3. The summed E-state index contributed by atoms with van der Waals surface area (Å²) in [5.41, 5.74) is 1.51. The Morgan fingerprint density at radius 1 is 1.32 bits per heavy atom. The number of hydrogen-bond acceptors (Lipinski definition) is 3. The van der Waals surface area contributed by atoms with E-state index in [1.807, 2.05) is 25.9 Å². The Hall–Kier alpha value is -1.46. The predicted molar refractivity (Wildman–Crippen MR) is 72.6 cm³/mol. The molecule has 0 spiro atoms. The van der Waals surface area contributed by atoms with Crippen LogP contribution in [0.1, 0.15) is 11.1 Å². The van der Waals surface area contributed by atoms with Crippen LogP contribution in [0.25, 0.3) is 0 Å². The Balaban J connectivity index is 2.74. The molecule has 0 saturated carbocycles. The van der Waals surface area contributed by atoms with Crippen LogP contribution in [0.3, 0.4) is 0 Å². The summed E-state index contributed by atoms with van der Waals surface area (Å²) in [6.45, 7) is 3.45. The van der Waals surface area contributed by atoms with Crippen molar-refractivity contribution in [1.82, 2.24) is 9.80 Å². The zero-order chi connectivity index (χ0) is 14.4. The molecule has 0 aliphatic heterocycles. The number of aliphatic carboxylic acids is 1. The Morgan fingerprint density at radius 3 is 2.58 bits per heavy atom. The molecule has 0 aromatic heterocycles. The third-order valence-electron chi connectivity index (χ3n) is 2.82. The molecule has 0 unspecified atom stereocenters. The van der Waals surface area contributed by atoms with E-state index in [1.165, 1.54) is 6.07 Å². The molecule has 4 nitrogen and oxygen atoms in total. The lowest BCUT2D eigenvalue weighted by Crippen LogP contribution is -2.35. The van der Waals surface area contributed by atoms with E-state index in [0.29, 0.717) is 18.7 Å². The van der Waals surface area contributed by atoms with Gasteiger partial charge in [-0.2, -0.15) is 0 Å². The largest absolute Gasteiger partial charge is 0.480 e. The van der Waals surface area contributed by atoms with Crippen LogP contribution in [-0.2, 0) is 11.3 Å². The first-order valence-electron chi connectivity index (χ1n) is 6.22. The number of carboxylic acid groups (broad SMARTS) is 1. The maximum absolute atomic E-state index is 13.7. The van der Waals surface area contributed by atoms with E-state index >= 15 is 0 Å². The van der Waals surface area contributed by atoms with E-state index in [2.05, 4.69) is 0 Å². The molecule has 0 fully saturated rings. The van der Waals surface area contributed by atoms with Gasteiger partial charge in [0.1, 0.15) is 5.82 Å². The SMILES string of the molecule is Cc1ccc(F)c(CN(CCN(C)C)CC(=O)O)c1. The maximum atomic E-state index is 13.7. The van der Waals surface area contributed by atoms with Crippen LogP contribution in [0, 0.1) is 12.7 Å². The van der Waals surface area contributed by atoms with Gasteiger partial charge in [-0.25, -0.2) is 4.39 Å². The molecular weight excluding hydrogens is 247 g/mol. The van der Waals surface area contributed by atoms with Gasteiger partial charge in [0, 0.05) is 25.2 Å². The minimum Gasteiger partial charge on any atom is -0.480 e. The predicted octanol–water partition coefficient (Wildman–Crippen LogP) is 1.58. The van der Waals surface area contributed by atoms with Crippen molar-refractivity contribution in [2.45, 2.75) is 13.5 Å². The van der Waals surface area contributed by atoms with Gasteiger partial charge in [-0.1, -0.05) is 17.7 Å². The molecule has 0 bridgehead atoms. The number of likely N-dealkylation sites (N-methyl/N-ethyl adjacent to an activating group) is 1. The molecule has 19 heavy (non-hydrogen) atoms. The van der Waals surface area contributed by atoms with Gasteiger partial charge in [-0.05, 0) is 27.1 Å². The number of carbonyl (C=O) groups is 1. The van der Waals surface area contributed by atoms with E-state index < -0.39 is 5.97 Å². The monoisotopic (exact) mass is 268 g/mol. The molecule has 1 rings (SSSR count). The molecule has 0 atom stereocenters. The number of rotatable bonds is 7. The number of halogens is 1. The van der Waals surface area contributed by atoms with Gasteiger partial charge in [0.2, 0.25) is 0 Å². The quantitative estimate of drug-likeness (QED) is 0.815. The number of carboxylic acids is 1. The lowest BCUT2D eigenvalue weighted by molar-refractivity contribution is -0.138. The van der Waals surface area contributed by atoms with Crippen molar-refractivity contribution in [3.05, 3.63) is 35.1 Å². The second-order valence-corrected chi connectivity index (χ2v) is 5.00. The zero-order valence-electron chi connectivity index (χ0n) is 11.7. The minimum atomic E-state index is -0.896. The van der Waals surface area contributed by atoms with Crippen molar-refractivity contribution < 1.29 is 14.3 Å². The zero-order valence-corrected chi connectivity index (χ0v) is 11.7. The van der Waals surface area contributed by atoms with Crippen LogP contribution in [0.4, 0.5) is 4.39 Å². The maximum Gasteiger partial charge on any atom is 0.317 e. The highest BCUT2D eigenvalue weighted by Gasteiger charge is 2.13. The summed E-state index contributed by atoms with van der Waals surface area (Å²) in [6.07, 6.45) is 0. The van der Waals surface area contributed by atoms with E-state index in [9.17, 15) is 9.18 Å². The third-order valence-corrected chi connectivity index (χ3v) is 2.82. The lowest BCUT2D eigenvalue weighted by Gasteiger charge is -2.22. The molecular formula is C14H21FN2O2. The number of hydrogen-bond donors (Lipinski definition) is 1. The van der Waals surface area contributed by atoms with E-state index in [1.54, 1.807) is 17.0 Å². The van der Waals surface area contributed by atoms with Gasteiger partial charge in [-0.3, -0.25) is 9.69 Å². The summed E-state index contributed by atoms with van der Waals surface area (Å²) in [6, 6.07) is 4.90. The van der Waals surface area contributed by atoms with Crippen molar-refractivity contribution in [1.29, 1.82) is 0 Å². The Bertz CT molecular complexity index is 435. The van der Waals surface area contributed by atoms with Gasteiger partial charge >= 0.3 is 5.97 Å². The average Bonchev–Trinajstić information content (AvgIpc) is 2.30. The van der Waals surface area contributed by atoms with Crippen molar-refractivity contribution in [3.8, 4) is 0 Å². The van der Waals surface area contributed by atoms with Crippen LogP contribution in [0.15, 0.2) is 18.2 Å². The van der Waals surface area contributed by atoms with Gasteiger partial charge < -0.3 is 10.0 Å². The fourth-order valence-electron chi connectivity index (χ4n) is 1.81. The first kappa shape index (κ1) is 15.6. The summed E-state index contributed by atoms with van der Waals surface area (Å²) < 4.78 is 13.7. The highest BCUT2D eigenvalue weighted by atomic mass is 19.1. The van der Waals surface area contributed by atoms with Gasteiger partial charge in [0.25, 0.3) is 0 Å². The molecule has 0 radical (unpaired) electrons. The molecule has 1 aromatic carbocycles. The molecule has 0 saturated heterocycles. The Labute approximate surface area is 113 Å². The smallest absolute Gasteiger partial charge is 0.317 e. The van der Waals surface area contributed by atoms with Gasteiger partial charge in [0.15, 0.2) is 0 Å². The molecule has 0 heterocycles. The number of aryl methyl sites for hydroxylation is 1. The molecule has 0 aliphatic rings. The summed E-state index contributed by atoms with van der Waals surface area (Å²) in [7, 11) is 3.85. The molecule has 0 aliphatic carbocycles. The number of nitrogens with zero attached hydrogens (tertiary/aromatic N) is 2. The molecule has 1 aromatic rings. The minimum absolute atomic E-state index is 0.0821. The van der Waals surface area contributed by atoms with E-state index in [4.69, 9.17) is 5.11 Å². The highest BCUT2D eigenvalue weighted by molar-refractivity contribution is 5.69. The standard InChI is InChI=1S/C14H21FN2O2/c1-11-4-5-13(15)12(8-11)9-17(10-14(18)19)7-6-16(2)3/h4-5,8H,6-7,9-10H2,1-3H3,(H,18,19). The third kappa shape index (κ3) is 5.81. The molecule has 106 valence electrons. The van der Waals surface area contributed by atoms with Crippen LogP contribution < -0.4 is 0 Å². The summed E-state index contributed by atoms with van der Waals surface area (Å²) in [5.74, 6) is -1.18. The first-order valence-corrected chi connectivity index (χ1v) is 6.22. The average molecular weight is 268 g/mol. The molecule has 5 heteroatoms. The molecule has 0 amide bonds. The summed E-state index contributed by atoms with van der Waals surface area (Å²) in [5, 5.41) is 8.90. The van der Waals surface area contributed by atoms with Crippen LogP contribution in [-0.4, -0.2) is 54.6 Å². The summed E-state index contributed by atoms with van der Waals surface area (Å²) in [4.78, 5) is 14.6. The van der Waals surface area contributed by atoms with Gasteiger partial charge in [-0.15, -0.1) is 0 Å². The van der Waals surface area contributed by atoms with Crippen LogP contribution in [0.2, 0.25) is 0 Å². The van der Waals surface area contributed by atoms with Crippen molar-refractivity contribution in [2.24, 2.45) is 0 Å². The fraction of sp³-hybridized carbons (Fsp3) is 0.500. The lowest BCUT2D eigenvalue weighted by atomic mass is 10.1. The topological polar surface area (TPSA) is 43.8 Å². The van der Waals surface area contributed by atoms with E-state index in [-0.39, 0.29) is 12.4 Å². The van der Waals surface area contributed by atoms with Crippen molar-refractivity contribution in [3.63, 3.8) is 0 Å². The van der Waals surface area contributed by atoms with Crippen molar-refractivity contribution in [2.75, 3.05) is 33.7 Å². The second-order valence-electron chi connectivity index (χ2n) is 5.00. The Morgan fingerprint density at radius 2 is 2.00 bits per heavy atom. The molecule has 1 N–H and O–H groups in total. The van der Waals surface area contributed by atoms with Gasteiger partial charge in [0.05, 0.1) is 6.54 Å². The Kier molecular flexibility index (Phi) is 5.92. The second kappa shape index (κ2) is 7.21. The van der Waals surface area contributed by atoms with Crippen LogP contribution in [0.5, 0.6) is 0 Å². The number of benzene rings is 1. The highest BCUT2D eigenvalue weighted by Crippen LogP contribution is 2.12. The van der Waals surface area contributed by atoms with Crippen molar-refractivity contribution >= 4 is 5.97 Å². The fourth-order valence-corrected chi connectivity index (χ4v) is 1.81. The summed E-state index contributed by atoms with van der Waals surface area (Å²) >= 11 is 0. The van der Waals surface area contributed by atoms with Crippen LogP contribution >= 0.6 is 0 Å². The van der Waals surface area contributed by atoms with E-state index in [0.717, 1.165) is 12.1 Å². The first-order chi connectivity index (χ1) is 8.88.